The molecule has 0 spiro atoms. The second kappa shape index (κ2) is 2.98. The van der Waals surface area contributed by atoms with Crippen molar-refractivity contribution in [3.63, 3.8) is 0 Å². The van der Waals surface area contributed by atoms with Gasteiger partial charge in [0.25, 0.3) is 0 Å². The van der Waals surface area contributed by atoms with Gasteiger partial charge in [-0.15, -0.1) is 0 Å². The summed E-state index contributed by atoms with van der Waals surface area (Å²) in [6, 6.07) is 0.882. The van der Waals surface area contributed by atoms with Crippen LogP contribution < -0.4 is 11.3 Å². The van der Waals surface area contributed by atoms with E-state index in [1.54, 1.807) is 0 Å². The van der Waals surface area contributed by atoms with Crippen LogP contribution in [0.4, 0.5) is 18.9 Å². The number of rotatable bonds is 1. The fourth-order valence-corrected chi connectivity index (χ4v) is 0.674. The highest BCUT2D eigenvalue weighted by molar-refractivity contribution is 5.41. The predicted octanol–water partition coefficient (Wildman–Crippen LogP) is 1.39. The first kappa shape index (κ1) is 8.79. The molecular weight excluding hydrogens is 171 g/mol. The Morgan fingerprint density at radius 3 is 2.50 bits per heavy atom. The molecule has 0 aromatic carbocycles. The van der Waals surface area contributed by atoms with Crippen LogP contribution in [-0.2, 0) is 6.18 Å². The molecule has 12 heavy (non-hydrogen) atoms. The Bertz CT molecular complexity index is 271. The Labute approximate surface area is 66.4 Å². The average molecular weight is 177 g/mol. The summed E-state index contributed by atoms with van der Waals surface area (Å²) in [5, 5.41) is 0. The summed E-state index contributed by atoms with van der Waals surface area (Å²) in [7, 11) is 0. The summed E-state index contributed by atoms with van der Waals surface area (Å²) in [6.45, 7) is 0. The molecule has 3 N–H and O–H groups in total. The van der Waals surface area contributed by atoms with Gasteiger partial charge in [-0.1, -0.05) is 0 Å². The lowest BCUT2D eigenvalue weighted by molar-refractivity contribution is -0.137. The number of anilines is 1. The van der Waals surface area contributed by atoms with E-state index in [0.29, 0.717) is 0 Å². The number of hydrogen-bond donors (Lipinski definition) is 2. The number of nitrogen functional groups attached to an aromatic ring is 1. The normalized spacial score (nSPS) is 11.3. The van der Waals surface area contributed by atoms with Gasteiger partial charge in [0.1, 0.15) is 0 Å². The smallest absolute Gasteiger partial charge is 0.323 e. The first-order chi connectivity index (χ1) is 5.54. The molecule has 0 aliphatic carbocycles. The number of halogens is 3. The number of aromatic nitrogens is 1. The summed E-state index contributed by atoms with van der Waals surface area (Å²) in [5.41, 5.74) is 1.39. The van der Waals surface area contributed by atoms with Crippen LogP contribution in [0.1, 0.15) is 5.56 Å². The molecule has 0 bridgehead atoms. The van der Waals surface area contributed by atoms with E-state index < -0.39 is 11.7 Å². The number of nitrogens with one attached hydrogen (secondary N) is 1. The van der Waals surface area contributed by atoms with Gasteiger partial charge in [-0.2, -0.15) is 13.2 Å². The summed E-state index contributed by atoms with van der Waals surface area (Å²) < 4.78 is 36.0. The molecule has 0 aliphatic heterocycles. The van der Waals surface area contributed by atoms with Crippen molar-refractivity contribution in [2.45, 2.75) is 6.18 Å². The van der Waals surface area contributed by atoms with E-state index in [9.17, 15) is 13.2 Å². The van der Waals surface area contributed by atoms with Crippen molar-refractivity contribution < 1.29 is 13.2 Å². The maximum atomic E-state index is 12.0. The SMILES string of the molecule is NNc1cncc(C(F)(F)F)c1. The van der Waals surface area contributed by atoms with Crippen LogP contribution in [0.2, 0.25) is 0 Å². The van der Waals surface area contributed by atoms with Gasteiger partial charge in [-0.25, -0.2) is 0 Å². The van der Waals surface area contributed by atoms with Gasteiger partial charge in [0.05, 0.1) is 17.4 Å². The quantitative estimate of drug-likeness (QED) is 0.503. The van der Waals surface area contributed by atoms with Crippen molar-refractivity contribution in [2.75, 3.05) is 5.43 Å². The van der Waals surface area contributed by atoms with E-state index in [0.717, 1.165) is 12.3 Å². The molecule has 0 radical (unpaired) electrons. The van der Waals surface area contributed by atoms with Crippen molar-refractivity contribution in [1.82, 2.24) is 4.98 Å². The van der Waals surface area contributed by atoms with Gasteiger partial charge < -0.3 is 5.43 Å². The molecule has 0 fully saturated rings. The van der Waals surface area contributed by atoms with E-state index >= 15 is 0 Å². The lowest BCUT2D eigenvalue weighted by Crippen LogP contribution is -2.10. The van der Waals surface area contributed by atoms with Crippen LogP contribution in [0.25, 0.3) is 0 Å². The highest BCUT2D eigenvalue weighted by atomic mass is 19.4. The zero-order valence-electron chi connectivity index (χ0n) is 5.89. The van der Waals surface area contributed by atoms with Gasteiger partial charge >= 0.3 is 6.18 Å². The number of pyridine rings is 1. The Morgan fingerprint density at radius 1 is 1.33 bits per heavy atom. The predicted molar refractivity (Wildman–Crippen MR) is 37.0 cm³/mol. The molecule has 1 heterocycles. The number of hydrazine groups is 1. The number of alkyl halides is 3. The van der Waals surface area contributed by atoms with E-state index in [2.05, 4.69) is 10.4 Å². The molecular formula is C6H6F3N3. The van der Waals surface area contributed by atoms with E-state index in [-0.39, 0.29) is 5.69 Å². The molecule has 1 aromatic rings. The first-order valence-electron chi connectivity index (χ1n) is 3.03. The molecule has 3 nitrogen and oxygen atoms in total. The summed E-state index contributed by atoms with van der Waals surface area (Å²) in [6.07, 6.45) is -2.43. The lowest BCUT2D eigenvalue weighted by atomic mass is 10.2. The topological polar surface area (TPSA) is 50.9 Å². The number of hydrogen-bond acceptors (Lipinski definition) is 3. The van der Waals surface area contributed by atoms with Gasteiger partial charge in [-0.3, -0.25) is 10.8 Å². The molecule has 0 aliphatic rings. The van der Waals surface area contributed by atoms with Crippen molar-refractivity contribution in [3.8, 4) is 0 Å². The summed E-state index contributed by atoms with van der Waals surface area (Å²) >= 11 is 0. The van der Waals surface area contributed by atoms with Crippen molar-refractivity contribution in [3.05, 3.63) is 24.0 Å². The minimum atomic E-state index is -4.38. The van der Waals surface area contributed by atoms with Crippen molar-refractivity contribution in [1.29, 1.82) is 0 Å². The lowest BCUT2D eigenvalue weighted by Gasteiger charge is -2.06. The maximum Gasteiger partial charge on any atom is 0.417 e. The standard InChI is InChI=1S/C6H6F3N3/c7-6(8,9)4-1-5(12-10)3-11-2-4/h1-3,12H,10H2. The second-order valence-electron chi connectivity index (χ2n) is 2.10. The average Bonchev–Trinajstić information content (AvgIpc) is 2.03. The van der Waals surface area contributed by atoms with Crippen LogP contribution in [0.3, 0.4) is 0 Å². The minimum absolute atomic E-state index is 0.129. The van der Waals surface area contributed by atoms with E-state index in [1.165, 1.54) is 6.20 Å². The van der Waals surface area contributed by atoms with Crippen LogP contribution in [0.15, 0.2) is 18.5 Å². The first-order valence-corrected chi connectivity index (χ1v) is 3.03. The van der Waals surface area contributed by atoms with E-state index in [1.807, 2.05) is 0 Å². The molecule has 6 heteroatoms. The molecule has 0 amide bonds. The third kappa shape index (κ3) is 1.85. The Kier molecular flexibility index (Phi) is 2.18. The molecule has 66 valence electrons. The third-order valence-electron chi connectivity index (χ3n) is 1.23. The third-order valence-corrected chi connectivity index (χ3v) is 1.23. The minimum Gasteiger partial charge on any atom is -0.323 e. The number of nitrogens with two attached hydrogens (primary N) is 1. The fourth-order valence-electron chi connectivity index (χ4n) is 0.674. The van der Waals surface area contributed by atoms with Gasteiger partial charge in [0.2, 0.25) is 0 Å². The summed E-state index contributed by atoms with van der Waals surface area (Å²) in [5.74, 6) is 4.90. The number of nitrogens with zero attached hydrogens (tertiary/aromatic N) is 1. The largest absolute Gasteiger partial charge is 0.417 e. The van der Waals surface area contributed by atoms with Crippen LogP contribution in [-0.4, -0.2) is 4.98 Å². The summed E-state index contributed by atoms with van der Waals surface area (Å²) in [4.78, 5) is 3.36. The Balaban J connectivity index is 3.02. The monoisotopic (exact) mass is 177 g/mol. The highest BCUT2D eigenvalue weighted by Crippen LogP contribution is 2.29. The Morgan fingerprint density at radius 2 is 2.00 bits per heavy atom. The Hall–Kier alpha value is -1.30. The van der Waals surface area contributed by atoms with E-state index in [4.69, 9.17) is 5.84 Å². The molecule has 0 unspecified atom stereocenters. The molecule has 0 saturated heterocycles. The van der Waals surface area contributed by atoms with Crippen LogP contribution in [0, 0.1) is 0 Å². The zero-order valence-corrected chi connectivity index (χ0v) is 5.89. The van der Waals surface area contributed by atoms with Gasteiger partial charge in [-0.05, 0) is 6.07 Å². The van der Waals surface area contributed by atoms with Gasteiger partial charge in [0.15, 0.2) is 0 Å². The zero-order chi connectivity index (χ0) is 9.19. The van der Waals surface area contributed by atoms with Crippen molar-refractivity contribution in [2.24, 2.45) is 5.84 Å². The molecule has 0 saturated carbocycles. The fraction of sp³-hybridized carbons (Fsp3) is 0.167. The highest BCUT2D eigenvalue weighted by Gasteiger charge is 2.30. The van der Waals surface area contributed by atoms with Crippen molar-refractivity contribution >= 4 is 5.69 Å². The molecule has 1 aromatic heterocycles. The van der Waals surface area contributed by atoms with Crippen LogP contribution >= 0.6 is 0 Å². The van der Waals surface area contributed by atoms with Gasteiger partial charge in [0, 0.05) is 6.20 Å². The molecule has 1 rings (SSSR count). The second-order valence-corrected chi connectivity index (χ2v) is 2.10. The van der Waals surface area contributed by atoms with Crippen LogP contribution in [0.5, 0.6) is 0 Å². The molecule has 0 atom stereocenters. The maximum absolute atomic E-state index is 12.0.